The number of rotatable bonds is 0. The minimum atomic E-state index is 0.882. The van der Waals surface area contributed by atoms with E-state index in [2.05, 4.69) is 6.08 Å². The van der Waals surface area contributed by atoms with E-state index in [4.69, 9.17) is 4.74 Å². The molecule has 0 aromatic carbocycles. The van der Waals surface area contributed by atoms with Gasteiger partial charge in [-0.1, -0.05) is 6.42 Å². The molecule has 0 aliphatic carbocycles. The summed E-state index contributed by atoms with van der Waals surface area (Å²) in [6, 6.07) is 0. The minimum Gasteiger partial charge on any atom is -0.442 e. The van der Waals surface area contributed by atoms with E-state index in [1.54, 1.807) is 6.61 Å². The van der Waals surface area contributed by atoms with Gasteiger partial charge in [0.1, 0.15) is 0 Å². The summed E-state index contributed by atoms with van der Waals surface area (Å²) in [4.78, 5) is 0. The van der Waals surface area contributed by atoms with Crippen LogP contribution in [0, 0.1) is 6.61 Å². The van der Waals surface area contributed by atoms with Crippen molar-refractivity contribution in [1.29, 1.82) is 0 Å². The Morgan fingerprint density at radius 3 is 3.57 bits per heavy atom. The molecule has 0 atom stereocenters. The Kier molecular flexibility index (Phi) is 1.82. The van der Waals surface area contributed by atoms with Crippen LogP contribution in [0.2, 0.25) is 0 Å². The molecule has 1 nitrogen and oxygen atoms in total. The van der Waals surface area contributed by atoms with Gasteiger partial charge in [-0.3, -0.25) is 0 Å². The van der Waals surface area contributed by atoms with Crippen molar-refractivity contribution in [2.45, 2.75) is 12.8 Å². The summed E-state index contributed by atoms with van der Waals surface area (Å²) in [5.74, 6) is 0. The van der Waals surface area contributed by atoms with Crippen molar-refractivity contribution >= 4 is 0 Å². The van der Waals surface area contributed by atoms with Crippen molar-refractivity contribution in [3.63, 3.8) is 0 Å². The van der Waals surface area contributed by atoms with Crippen molar-refractivity contribution in [2.24, 2.45) is 0 Å². The van der Waals surface area contributed by atoms with E-state index in [1.165, 1.54) is 0 Å². The summed E-state index contributed by atoms with van der Waals surface area (Å²) >= 11 is 0. The van der Waals surface area contributed by atoms with E-state index >= 15 is 0 Å². The van der Waals surface area contributed by atoms with Gasteiger partial charge in [0.05, 0.1) is 0 Å². The van der Waals surface area contributed by atoms with Gasteiger partial charge in [0.2, 0.25) is 0 Å². The summed E-state index contributed by atoms with van der Waals surface area (Å²) in [6.45, 7) is 2.62. The average molecular weight is 97.1 g/mol. The lowest BCUT2D eigenvalue weighted by atomic mass is 10.3. The molecule has 0 fully saturated rings. The second-order valence-corrected chi connectivity index (χ2v) is 1.58. The molecule has 1 aliphatic rings. The summed E-state index contributed by atoms with van der Waals surface area (Å²) in [5, 5.41) is 0. The molecule has 0 unspecified atom stereocenters. The Balaban J connectivity index is 2.20. The van der Waals surface area contributed by atoms with Gasteiger partial charge in [0.15, 0.2) is 0 Å². The van der Waals surface area contributed by atoms with Gasteiger partial charge in [0.25, 0.3) is 0 Å². The Hall–Kier alpha value is -0.430. The first kappa shape index (κ1) is 4.72. The van der Waals surface area contributed by atoms with Crippen molar-refractivity contribution < 1.29 is 4.74 Å². The predicted molar refractivity (Wildman–Crippen MR) is 28.6 cm³/mol. The van der Waals surface area contributed by atoms with Crippen LogP contribution in [0.15, 0.2) is 12.2 Å². The highest BCUT2D eigenvalue weighted by atomic mass is 16.5. The lowest BCUT2D eigenvalue weighted by Crippen LogP contribution is -1.84. The summed E-state index contributed by atoms with van der Waals surface area (Å²) < 4.78 is 4.98. The Labute approximate surface area is 44.0 Å². The highest BCUT2D eigenvalue weighted by Gasteiger charge is 1.80. The third-order valence-electron chi connectivity index (χ3n) is 0.944. The first-order chi connectivity index (χ1) is 3.50. The highest BCUT2D eigenvalue weighted by Crippen LogP contribution is 1.99. The van der Waals surface area contributed by atoms with Crippen LogP contribution in [0.1, 0.15) is 12.8 Å². The second-order valence-electron chi connectivity index (χ2n) is 1.58. The monoisotopic (exact) mass is 97.1 g/mol. The predicted octanol–water partition coefficient (Wildman–Crippen LogP) is 1.51. The first-order valence-electron chi connectivity index (χ1n) is 2.60. The second kappa shape index (κ2) is 2.69. The van der Waals surface area contributed by atoms with Crippen molar-refractivity contribution in [1.82, 2.24) is 0 Å². The number of ether oxygens (including phenoxy) is 1. The Bertz CT molecular complexity index is 58.6. The molecule has 0 saturated heterocycles. The molecule has 1 aliphatic heterocycles. The van der Waals surface area contributed by atoms with Gasteiger partial charge in [0, 0.05) is 6.61 Å². The number of hydrogen-bond donors (Lipinski definition) is 0. The van der Waals surface area contributed by atoms with Crippen molar-refractivity contribution in [3.05, 3.63) is 18.8 Å². The molecule has 1 heteroatoms. The summed E-state index contributed by atoms with van der Waals surface area (Å²) in [6.07, 6.45) is 6.39. The zero-order chi connectivity index (χ0) is 4.95. The SMILES string of the molecule is C1=CCCCO[CH-]1. The quantitative estimate of drug-likeness (QED) is 0.416. The van der Waals surface area contributed by atoms with E-state index in [1.807, 2.05) is 6.08 Å². The van der Waals surface area contributed by atoms with Crippen LogP contribution < -0.4 is 0 Å². The van der Waals surface area contributed by atoms with Crippen LogP contribution in [0.4, 0.5) is 0 Å². The highest BCUT2D eigenvalue weighted by molar-refractivity contribution is 4.90. The molecule has 0 saturated carbocycles. The van der Waals surface area contributed by atoms with Gasteiger partial charge in [-0.25, -0.2) is 12.2 Å². The normalized spacial score (nSPS) is 20.6. The number of hydrogen-bond acceptors (Lipinski definition) is 1. The maximum absolute atomic E-state index is 4.98. The topological polar surface area (TPSA) is 9.23 Å². The third kappa shape index (κ3) is 1.64. The van der Waals surface area contributed by atoms with Crippen LogP contribution in [-0.2, 0) is 4.74 Å². The molecule has 0 radical (unpaired) electrons. The summed E-state index contributed by atoms with van der Waals surface area (Å²) in [7, 11) is 0. The van der Waals surface area contributed by atoms with Crippen molar-refractivity contribution in [2.75, 3.05) is 6.61 Å². The molecular formula is C6H9O-. The van der Waals surface area contributed by atoms with E-state index < -0.39 is 0 Å². The molecule has 1 heterocycles. The van der Waals surface area contributed by atoms with Crippen molar-refractivity contribution in [3.8, 4) is 0 Å². The van der Waals surface area contributed by atoms with Crippen LogP contribution in [0.3, 0.4) is 0 Å². The van der Waals surface area contributed by atoms with Crippen LogP contribution >= 0.6 is 0 Å². The average Bonchev–Trinajstić information content (AvgIpc) is 1.90. The molecule has 0 aromatic rings. The fourth-order valence-electron chi connectivity index (χ4n) is 0.560. The zero-order valence-electron chi connectivity index (χ0n) is 4.26. The molecule has 1 rings (SSSR count). The maximum Gasteiger partial charge on any atom is 0.0287 e. The maximum atomic E-state index is 4.98. The molecule has 7 heavy (non-hydrogen) atoms. The van der Waals surface area contributed by atoms with Gasteiger partial charge in [-0.2, -0.15) is 0 Å². The lowest BCUT2D eigenvalue weighted by Gasteiger charge is -1.98. The van der Waals surface area contributed by atoms with Gasteiger partial charge < -0.3 is 4.74 Å². The molecule has 0 N–H and O–H groups in total. The van der Waals surface area contributed by atoms with E-state index in [-0.39, 0.29) is 0 Å². The molecule has 0 amide bonds. The lowest BCUT2D eigenvalue weighted by molar-refractivity contribution is 0.217. The van der Waals surface area contributed by atoms with Gasteiger partial charge in [-0.05, 0) is 6.42 Å². The first-order valence-corrected chi connectivity index (χ1v) is 2.60. The van der Waals surface area contributed by atoms with E-state index in [0.29, 0.717) is 0 Å². The molecule has 0 spiro atoms. The molecule has 0 aromatic heterocycles. The van der Waals surface area contributed by atoms with Crippen LogP contribution in [0.25, 0.3) is 0 Å². The minimum absolute atomic E-state index is 0.882. The summed E-state index contributed by atoms with van der Waals surface area (Å²) in [5.41, 5.74) is 0. The smallest absolute Gasteiger partial charge is 0.0287 e. The third-order valence-corrected chi connectivity index (χ3v) is 0.944. The number of allylic oxidation sites excluding steroid dienone is 1. The largest absolute Gasteiger partial charge is 0.442 e. The molecular weight excluding hydrogens is 88.1 g/mol. The van der Waals surface area contributed by atoms with Gasteiger partial charge >= 0.3 is 0 Å². The van der Waals surface area contributed by atoms with E-state index in [0.717, 1.165) is 19.4 Å². The van der Waals surface area contributed by atoms with E-state index in [9.17, 15) is 0 Å². The van der Waals surface area contributed by atoms with Crippen LogP contribution in [-0.4, -0.2) is 6.61 Å². The van der Waals surface area contributed by atoms with Gasteiger partial charge in [-0.15, -0.1) is 6.61 Å². The molecule has 40 valence electrons. The Morgan fingerprint density at radius 1 is 1.57 bits per heavy atom. The fourth-order valence-corrected chi connectivity index (χ4v) is 0.560. The Morgan fingerprint density at radius 2 is 2.57 bits per heavy atom. The fraction of sp³-hybridized carbons (Fsp3) is 0.500. The standard InChI is InChI=1S/C6H9O/c1-2-4-6-7-5-3-1/h1,3,5H,2,4,6H2/q-1. The molecule has 0 bridgehead atoms. The van der Waals surface area contributed by atoms with Crippen LogP contribution in [0.5, 0.6) is 0 Å². The zero-order valence-corrected chi connectivity index (χ0v) is 4.26.